The molecule has 3 heteroatoms. The third-order valence-corrected chi connectivity index (χ3v) is 3.76. The topological polar surface area (TPSA) is 12.5 Å². The summed E-state index contributed by atoms with van der Waals surface area (Å²) in [6.45, 7) is 2.98. The van der Waals surface area contributed by atoms with Gasteiger partial charge in [0.2, 0.25) is 0 Å². The van der Waals surface area contributed by atoms with E-state index in [9.17, 15) is 0 Å². The molecule has 1 aromatic heterocycles. The lowest BCUT2D eigenvalue weighted by Crippen LogP contribution is -1.98. The highest BCUT2D eigenvalue weighted by Gasteiger charge is 2.43. The fourth-order valence-corrected chi connectivity index (χ4v) is 2.81. The molecule has 1 nitrogen and oxygen atoms in total. The van der Waals surface area contributed by atoms with Crippen molar-refractivity contribution in [3.63, 3.8) is 0 Å². The van der Waals surface area contributed by atoms with E-state index in [1.54, 1.807) is 11.3 Å². The molecule has 2 rings (SSSR count). The lowest BCUT2D eigenvalue weighted by atomic mass is 10.2. The van der Waals surface area contributed by atoms with Crippen LogP contribution >= 0.6 is 27.3 Å². The Morgan fingerprint density at radius 1 is 1.80 bits per heavy atom. The predicted molar refractivity (Wildman–Crippen MR) is 45.3 cm³/mol. The molecular formula is C7H7BrOS. The number of halogens is 1. The number of thiophene rings is 1. The Hall–Kier alpha value is 0.140. The Balaban J connectivity index is 2.42. The van der Waals surface area contributed by atoms with Crippen LogP contribution < -0.4 is 0 Å². The van der Waals surface area contributed by atoms with Crippen molar-refractivity contribution >= 4 is 27.3 Å². The molecule has 0 radical (unpaired) electrons. The Bertz CT molecular complexity index is 252. The van der Waals surface area contributed by atoms with Crippen molar-refractivity contribution < 1.29 is 4.74 Å². The first-order valence-corrected chi connectivity index (χ1v) is 4.77. The van der Waals surface area contributed by atoms with Crippen LogP contribution in [0.1, 0.15) is 11.8 Å². The van der Waals surface area contributed by atoms with E-state index in [1.165, 1.54) is 9.35 Å². The van der Waals surface area contributed by atoms with Crippen LogP contribution in [-0.4, -0.2) is 6.61 Å². The maximum Gasteiger partial charge on any atom is 0.124 e. The number of rotatable bonds is 1. The van der Waals surface area contributed by atoms with Crippen LogP contribution in [0.3, 0.4) is 0 Å². The highest BCUT2D eigenvalue weighted by Crippen LogP contribution is 2.44. The van der Waals surface area contributed by atoms with Crippen LogP contribution in [-0.2, 0) is 10.3 Å². The highest BCUT2D eigenvalue weighted by molar-refractivity contribution is 9.10. The molecule has 1 saturated heterocycles. The van der Waals surface area contributed by atoms with Crippen LogP contribution in [0.25, 0.3) is 0 Å². The van der Waals surface area contributed by atoms with Gasteiger partial charge in [-0.25, -0.2) is 0 Å². The molecule has 0 spiro atoms. The smallest absolute Gasteiger partial charge is 0.124 e. The first-order chi connectivity index (χ1) is 4.72. The third kappa shape index (κ3) is 0.929. The van der Waals surface area contributed by atoms with Gasteiger partial charge in [0, 0.05) is 4.47 Å². The molecule has 1 fully saturated rings. The first-order valence-electron chi connectivity index (χ1n) is 3.10. The van der Waals surface area contributed by atoms with Crippen LogP contribution in [0.15, 0.2) is 15.9 Å². The molecule has 1 aliphatic heterocycles. The quantitative estimate of drug-likeness (QED) is 0.661. The van der Waals surface area contributed by atoms with Crippen molar-refractivity contribution in [2.24, 2.45) is 0 Å². The van der Waals surface area contributed by atoms with Gasteiger partial charge in [-0.2, -0.15) is 0 Å². The van der Waals surface area contributed by atoms with Crippen LogP contribution in [0, 0.1) is 0 Å². The van der Waals surface area contributed by atoms with Crippen LogP contribution in [0.2, 0.25) is 0 Å². The average molecular weight is 219 g/mol. The van der Waals surface area contributed by atoms with E-state index in [-0.39, 0.29) is 5.60 Å². The van der Waals surface area contributed by atoms with E-state index in [0.29, 0.717) is 0 Å². The second-order valence-electron chi connectivity index (χ2n) is 2.62. The minimum absolute atomic E-state index is 0.0347. The Labute approximate surface area is 72.1 Å². The van der Waals surface area contributed by atoms with Gasteiger partial charge in [-0.05, 0) is 34.3 Å². The predicted octanol–water partition coefficient (Wildman–Crippen LogP) is 2.76. The van der Waals surface area contributed by atoms with Crippen molar-refractivity contribution in [2.75, 3.05) is 6.61 Å². The largest absolute Gasteiger partial charge is 0.364 e. The van der Waals surface area contributed by atoms with Crippen molar-refractivity contribution in [3.8, 4) is 0 Å². The fourth-order valence-electron chi connectivity index (χ4n) is 0.910. The molecule has 0 amide bonds. The van der Waals surface area contributed by atoms with Gasteiger partial charge in [-0.1, -0.05) is 0 Å². The Morgan fingerprint density at radius 3 is 2.90 bits per heavy atom. The van der Waals surface area contributed by atoms with Gasteiger partial charge in [0.15, 0.2) is 0 Å². The molecule has 1 unspecified atom stereocenters. The third-order valence-electron chi connectivity index (χ3n) is 1.67. The molecule has 1 atom stereocenters. The normalized spacial score (nSPS) is 30.6. The SMILES string of the molecule is CC1(c2sccc2Br)CO1. The van der Waals surface area contributed by atoms with Gasteiger partial charge in [-0.3, -0.25) is 0 Å². The molecule has 0 aromatic carbocycles. The summed E-state index contributed by atoms with van der Waals surface area (Å²) in [6.07, 6.45) is 0. The molecular weight excluding hydrogens is 212 g/mol. The average Bonchev–Trinajstić information content (AvgIpc) is 2.44. The Kier molecular flexibility index (Phi) is 1.41. The lowest BCUT2D eigenvalue weighted by Gasteiger charge is -2.00. The monoisotopic (exact) mass is 218 g/mol. The van der Waals surface area contributed by atoms with Crippen molar-refractivity contribution in [3.05, 3.63) is 20.8 Å². The van der Waals surface area contributed by atoms with Crippen LogP contribution in [0.5, 0.6) is 0 Å². The molecule has 1 aromatic rings. The Morgan fingerprint density at radius 2 is 2.50 bits per heavy atom. The minimum atomic E-state index is 0.0347. The second-order valence-corrected chi connectivity index (χ2v) is 4.39. The van der Waals surface area contributed by atoms with E-state index in [1.807, 2.05) is 0 Å². The molecule has 0 N–H and O–H groups in total. The molecule has 0 bridgehead atoms. The summed E-state index contributed by atoms with van der Waals surface area (Å²) >= 11 is 5.22. The van der Waals surface area contributed by atoms with Gasteiger partial charge in [0.1, 0.15) is 5.60 Å². The summed E-state index contributed by atoms with van der Waals surface area (Å²) in [5.41, 5.74) is 0.0347. The van der Waals surface area contributed by atoms with E-state index in [0.717, 1.165) is 6.61 Å². The first kappa shape index (κ1) is 6.83. The maximum atomic E-state index is 5.30. The van der Waals surface area contributed by atoms with E-state index in [4.69, 9.17) is 4.74 Å². The number of hydrogen-bond donors (Lipinski definition) is 0. The molecule has 54 valence electrons. The van der Waals surface area contributed by atoms with Gasteiger partial charge >= 0.3 is 0 Å². The van der Waals surface area contributed by atoms with E-state index >= 15 is 0 Å². The van der Waals surface area contributed by atoms with Crippen molar-refractivity contribution in [1.29, 1.82) is 0 Å². The zero-order valence-electron chi connectivity index (χ0n) is 5.56. The zero-order valence-corrected chi connectivity index (χ0v) is 7.96. The van der Waals surface area contributed by atoms with Crippen molar-refractivity contribution in [2.45, 2.75) is 12.5 Å². The van der Waals surface area contributed by atoms with Gasteiger partial charge in [0.25, 0.3) is 0 Å². The maximum absolute atomic E-state index is 5.30. The van der Waals surface area contributed by atoms with Crippen molar-refractivity contribution in [1.82, 2.24) is 0 Å². The summed E-state index contributed by atoms with van der Waals surface area (Å²) in [5.74, 6) is 0. The van der Waals surface area contributed by atoms with Gasteiger partial charge < -0.3 is 4.74 Å². The number of ether oxygens (including phenoxy) is 1. The number of hydrogen-bond acceptors (Lipinski definition) is 2. The molecule has 10 heavy (non-hydrogen) atoms. The zero-order chi connectivity index (χ0) is 7.19. The molecule has 1 aliphatic rings. The van der Waals surface area contributed by atoms with Crippen LogP contribution in [0.4, 0.5) is 0 Å². The fraction of sp³-hybridized carbons (Fsp3) is 0.429. The van der Waals surface area contributed by atoms with E-state index in [2.05, 4.69) is 34.3 Å². The second kappa shape index (κ2) is 2.06. The van der Waals surface area contributed by atoms with E-state index < -0.39 is 0 Å². The highest BCUT2D eigenvalue weighted by atomic mass is 79.9. The summed E-state index contributed by atoms with van der Waals surface area (Å²) in [7, 11) is 0. The molecule has 0 aliphatic carbocycles. The molecule has 0 saturated carbocycles. The summed E-state index contributed by atoms with van der Waals surface area (Å²) in [4.78, 5) is 1.31. The summed E-state index contributed by atoms with van der Waals surface area (Å²) < 4.78 is 6.48. The summed E-state index contributed by atoms with van der Waals surface area (Å²) in [5, 5.41) is 2.08. The summed E-state index contributed by atoms with van der Waals surface area (Å²) in [6, 6.07) is 2.06. The lowest BCUT2D eigenvalue weighted by molar-refractivity contribution is 0.333. The molecule has 2 heterocycles. The standard InChI is InChI=1S/C7H7BrOS/c1-7(4-9-7)6-5(8)2-3-10-6/h2-3H,4H2,1H3. The van der Waals surface area contributed by atoms with Gasteiger partial charge in [0.05, 0.1) is 11.5 Å². The minimum Gasteiger partial charge on any atom is -0.364 e. The number of epoxide rings is 1. The van der Waals surface area contributed by atoms with Gasteiger partial charge in [-0.15, -0.1) is 11.3 Å².